The van der Waals surface area contributed by atoms with Gasteiger partial charge in [-0.25, -0.2) is 4.79 Å². The molecule has 16 heavy (non-hydrogen) atoms. The van der Waals surface area contributed by atoms with E-state index >= 15 is 0 Å². The minimum absolute atomic E-state index is 0.213. The highest BCUT2D eigenvalue weighted by atomic mass is 16.6. The van der Waals surface area contributed by atoms with Gasteiger partial charge in [0.05, 0.1) is 0 Å². The predicted molar refractivity (Wildman–Crippen MR) is 64.1 cm³/mol. The summed E-state index contributed by atoms with van der Waals surface area (Å²) in [5, 5.41) is 2.91. The number of carbonyl (C=O) groups is 1. The molecule has 1 aliphatic rings. The molecule has 1 saturated carbocycles. The molecule has 0 aromatic rings. The Morgan fingerprint density at radius 3 is 2.50 bits per heavy atom. The summed E-state index contributed by atoms with van der Waals surface area (Å²) in [6.45, 7) is 7.73. The highest BCUT2D eigenvalue weighted by Crippen LogP contribution is 2.23. The SMILES string of the molecule is CC1CC(NC(=O)OC(C)(C)C)CCC1N. The number of nitrogens with two attached hydrogens (primary N) is 1. The summed E-state index contributed by atoms with van der Waals surface area (Å²) in [5.74, 6) is 0.466. The molecule has 0 bridgehead atoms. The molecule has 0 saturated heterocycles. The van der Waals surface area contributed by atoms with E-state index in [0.29, 0.717) is 5.92 Å². The Morgan fingerprint density at radius 1 is 1.38 bits per heavy atom. The first-order valence-electron chi connectivity index (χ1n) is 6.03. The Bertz CT molecular complexity index is 248. The summed E-state index contributed by atoms with van der Waals surface area (Å²) >= 11 is 0. The standard InChI is InChI=1S/C12H24N2O2/c1-8-7-9(5-6-10(8)13)14-11(15)16-12(2,3)4/h8-10H,5-7,13H2,1-4H3,(H,14,15). The lowest BCUT2D eigenvalue weighted by atomic mass is 9.83. The third kappa shape index (κ3) is 4.39. The maximum absolute atomic E-state index is 11.6. The molecular weight excluding hydrogens is 204 g/mol. The molecule has 1 amide bonds. The summed E-state index contributed by atoms with van der Waals surface area (Å²) in [6.07, 6.45) is 2.55. The van der Waals surface area contributed by atoms with Crippen molar-refractivity contribution in [1.29, 1.82) is 0 Å². The number of alkyl carbamates (subject to hydrolysis) is 1. The van der Waals surface area contributed by atoms with Crippen molar-refractivity contribution in [3.05, 3.63) is 0 Å². The van der Waals surface area contributed by atoms with Crippen molar-refractivity contribution < 1.29 is 9.53 Å². The Morgan fingerprint density at radius 2 is 2.00 bits per heavy atom. The lowest BCUT2D eigenvalue weighted by Crippen LogP contribution is -2.45. The number of nitrogens with one attached hydrogen (secondary N) is 1. The lowest BCUT2D eigenvalue weighted by molar-refractivity contribution is 0.0483. The highest BCUT2D eigenvalue weighted by Gasteiger charge is 2.27. The molecule has 4 nitrogen and oxygen atoms in total. The van der Waals surface area contributed by atoms with Crippen LogP contribution in [-0.4, -0.2) is 23.8 Å². The van der Waals surface area contributed by atoms with Crippen LogP contribution in [0.15, 0.2) is 0 Å². The maximum Gasteiger partial charge on any atom is 0.407 e. The average Bonchev–Trinajstić information content (AvgIpc) is 2.08. The van der Waals surface area contributed by atoms with Gasteiger partial charge in [0.15, 0.2) is 0 Å². The van der Waals surface area contributed by atoms with Crippen molar-refractivity contribution in [3.63, 3.8) is 0 Å². The van der Waals surface area contributed by atoms with Gasteiger partial charge < -0.3 is 15.8 Å². The van der Waals surface area contributed by atoms with Crippen molar-refractivity contribution in [1.82, 2.24) is 5.32 Å². The molecule has 1 rings (SSSR count). The van der Waals surface area contributed by atoms with E-state index in [1.165, 1.54) is 0 Å². The second kappa shape index (κ2) is 5.04. The zero-order valence-corrected chi connectivity index (χ0v) is 10.7. The normalized spacial score (nSPS) is 30.9. The van der Waals surface area contributed by atoms with Crippen molar-refractivity contribution in [2.75, 3.05) is 0 Å². The first kappa shape index (κ1) is 13.3. The van der Waals surface area contributed by atoms with Crippen LogP contribution in [0.25, 0.3) is 0 Å². The number of hydrogen-bond acceptors (Lipinski definition) is 3. The Hall–Kier alpha value is -0.770. The molecule has 1 aliphatic carbocycles. The van der Waals surface area contributed by atoms with Crippen LogP contribution in [0.1, 0.15) is 47.0 Å². The Kier molecular flexibility index (Phi) is 4.19. The molecule has 0 radical (unpaired) electrons. The topological polar surface area (TPSA) is 64.3 Å². The van der Waals surface area contributed by atoms with E-state index in [0.717, 1.165) is 19.3 Å². The van der Waals surface area contributed by atoms with Crippen LogP contribution in [0.4, 0.5) is 4.79 Å². The molecule has 94 valence electrons. The van der Waals surface area contributed by atoms with Gasteiger partial charge in [-0.1, -0.05) is 6.92 Å². The van der Waals surface area contributed by atoms with E-state index in [1.807, 2.05) is 20.8 Å². The van der Waals surface area contributed by atoms with Crippen LogP contribution in [0.2, 0.25) is 0 Å². The van der Waals surface area contributed by atoms with Crippen molar-refractivity contribution in [2.45, 2.75) is 64.6 Å². The second-order valence-electron chi connectivity index (χ2n) is 5.80. The van der Waals surface area contributed by atoms with Gasteiger partial charge in [-0.05, 0) is 46.0 Å². The third-order valence-electron chi connectivity index (χ3n) is 2.96. The van der Waals surface area contributed by atoms with Crippen LogP contribution >= 0.6 is 0 Å². The summed E-state index contributed by atoms with van der Waals surface area (Å²) in [4.78, 5) is 11.6. The predicted octanol–water partition coefficient (Wildman–Crippen LogP) is 2.03. The molecule has 4 heteroatoms. The molecule has 3 atom stereocenters. The number of ether oxygens (including phenoxy) is 1. The number of rotatable bonds is 1. The van der Waals surface area contributed by atoms with Crippen LogP contribution in [-0.2, 0) is 4.74 Å². The second-order valence-corrected chi connectivity index (χ2v) is 5.80. The van der Waals surface area contributed by atoms with E-state index in [9.17, 15) is 4.79 Å². The maximum atomic E-state index is 11.6. The quantitative estimate of drug-likeness (QED) is 0.721. The first-order valence-corrected chi connectivity index (χ1v) is 6.03. The van der Waals surface area contributed by atoms with Gasteiger partial charge in [-0.2, -0.15) is 0 Å². The van der Waals surface area contributed by atoms with Gasteiger partial charge in [0.25, 0.3) is 0 Å². The van der Waals surface area contributed by atoms with E-state index in [-0.39, 0.29) is 18.2 Å². The summed E-state index contributed by atoms with van der Waals surface area (Å²) < 4.78 is 5.22. The van der Waals surface area contributed by atoms with E-state index in [1.54, 1.807) is 0 Å². The van der Waals surface area contributed by atoms with E-state index < -0.39 is 5.60 Å². The first-order chi connectivity index (χ1) is 7.28. The van der Waals surface area contributed by atoms with Crippen LogP contribution < -0.4 is 11.1 Å². The van der Waals surface area contributed by atoms with Crippen molar-refractivity contribution in [2.24, 2.45) is 11.7 Å². The highest BCUT2D eigenvalue weighted by molar-refractivity contribution is 5.68. The molecule has 0 aromatic heterocycles. The van der Waals surface area contributed by atoms with Crippen LogP contribution in [0, 0.1) is 5.92 Å². The van der Waals surface area contributed by atoms with Gasteiger partial charge in [-0.3, -0.25) is 0 Å². The van der Waals surface area contributed by atoms with Crippen molar-refractivity contribution in [3.8, 4) is 0 Å². The lowest BCUT2D eigenvalue weighted by Gasteiger charge is -2.32. The fourth-order valence-corrected chi connectivity index (χ4v) is 2.02. The largest absolute Gasteiger partial charge is 0.444 e. The van der Waals surface area contributed by atoms with Gasteiger partial charge >= 0.3 is 6.09 Å². The minimum Gasteiger partial charge on any atom is -0.444 e. The summed E-state index contributed by atoms with van der Waals surface area (Å²) in [7, 11) is 0. The molecule has 3 unspecified atom stereocenters. The van der Waals surface area contributed by atoms with Gasteiger partial charge in [0, 0.05) is 12.1 Å². The van der Waals surface area contributed by atoms with Crippen LogP contribution in [0.5, 0.6) is 0 Å². The Labute approximate surface area is 97.9 Å². The van der Waals surface area contributed by atoms with Gasteiger partial charge in [-0.15, -0.1) is 0 Å². The molecule has 1 fully saturated rings. The number of hydrogen-bond donors (Lipinski definition) is 2. The fraction of sp³-hybridized carbons (Fsp3) is 0.917. The molecule has 0 spiro atoms. The van der Waals surface area contributed by atoms with E-state index in [4.69, 9.17) is 10.5 Å². The van der Waals surface area contributed by atoms with Crippen LogP contribution in [0.3, 0.4) is 0 Å². The summed E-state index contributed by atoms with van der Waals surface area (Å²) in [6, 6.07) is 0.487. The zero-order chi connectivity index (χ0) is 12.3. The summed E-state index contributed by atoms with van der Waals surface area (Å²) in [5.41, 5.74) is 5.50. The van der Waals surface area contributed by atoms with E-state index in [2.05, 4.69) is 12.2 Å². The van der Waals surface area contributed by atoms with Crippen molar-refractivity contribution >= 4 is 6.09 Å². The zero-order valence-electron chi connectivity index (χ0n) is 10.7. The number of amides is 1. The Balaban J connectivity index is 2.35. The fourth-order valence-electron chi connectivity index (χ4n) is 2.02. The average molecular weight is 228 g/mol. The molecule has 0 aromatic carbocycles. The molecule has 0 aliphatic heterocycles. The molecular formula is C12H24N2O2. The molecule has 0 heterocycles. The smallest absolute Gasteiger partial charge is 0.407 e. The van der Waals surface area contributed by atoms with Gasteiger partial charge in [0.2, 0.25) is 0 Å². The van der Waals surface area contributed by atoms with Gasteiger partial charge in [0.1, 0.15) is 5.60 Å². The monoisotopic (exact) mass is 228 g/mol. The molecule has 3 N–H and O–H groups in total. The minimum atomic E-state index is -0.430. The number of carbonyl (C=O) groups excluding carboxylic acids is 1. The third-order valence-corrected chi connectivity index (χ3v) is 2.96.